The Kier molecular flexibility index (Phi) is 3.08. The van der Waals surface area contributed by atoms with Gasteiger partial charge in [0.25, 0.3) is 5.91 Å². The molecule has 0 atom stereocenters. The van der Waals surface area contributed by atoms with Crippen molar-refractivity contribution in [2.75, 3.05) is 13.1 Å². The third kappa shape index (κ3) is 2.60. The molecule has 0 saturated heterocycles. The minimum atomic E-state index is 0.0705. The summed E-state index contributed by atoms with van der Waals surface area (Å²) in [6.45, 7) is 1.24. The second-order valence-electron chi connectivity index (χ2n) is 3.85. The van der Waals surface area contributed by atoms with E-state index in [1.807, 2.05) is 16.8 Å². The SMILES string of the molecule is C#CCN(CC1CC1)C(=O)c1ccsc1. The first kappa shape index (κ1) is 10.3. The number of rotatable bonds is 4. The molecule has 3 heteroatoms. The fourth-order valence-electron chi connectivity index (χ4n) is 1.51. The summed E-state index contributed by atoms with van der Waals surface area (Å²) >= 11 is 1.54. The molecule has 1 heterocycles. The van der Waals surface area contributed by atoms with Gasteiger partial charge in [-0.05, 0) is 30.2 Å². The minimum Gasteiger partial charge on any atom is -0.327 e. The van der Waals surface area contributed by atoms with E-state index < -0.39 is 0 Å². The summed E-state index contributed by atoms with van der Waals surface area (Å²) in [5.41, 5.74) is 0.760. The second kappa shape index (κ2) is 4.50. The summed E-state index contributed by atoms with van der Waals surface area (Å²) in [4.78, 5) is 13.8. The van der Waals surface area contributed by atoms with E-state index in [4.69, 9.17) is 6.42 Å². The molecule has 1 aliphatic carbocycles. The van der Waals surface area contributed by atoms with Crippen molar-refractivity contribution in [2.45, 2.75) is 12.8 Å². The number of amides is 1. The van der Waals surface area contributed by atoms with Crippen molar-refractivity contribution in [3.63, 3.8) is 0 Å². The van der Waals surface area contributed by atoms with Gasteiger partial charge in [-0.1, -0.05) is 5.92 Å². The summed E-state index contributed by atoms with van der Waals surface area (Å²) in [6.07, 6.45) is 7.74. The standard InChI is InChI=1S/C12H13NOS/c1-2-6-13(8-10-3-4-10)12(14)11-5-7-15-9-11/h1,5,7,9-10H,3-4,6,8H2. The molecule has 0 bridgehead atoms. The maximum Gasteiger partial charge on any atom is 0.255 e. The third-order valence-electron chi connectivity index (χ3n) is 2.51. The van der Waals surface area contributed by atoms with Crippen LogP contribution in [-0.4, -0.2) is 23.9 Å². The third-order valence-corrected chi connectivity index (χ3v) is 3.20. The summed E-state index contributed by atoms with van der Waals surface area (Å²) < 4.78 is 0. The number of hydrogen-bond donors (Lipinski definition) is 0. The number of hydrogen-bond acceptors (Lipinski definition) is 2. The van der Waals surface area contributed by atoms with Gasteiger partial charge in [-0.25, -0.2) is 0 Å². The summed E-state index contributed by atoms with van der Waals surface area (Å²) in [7, 11) is 0. The number of nitrogens with zero attached hydrogens (tertiary/aromatic N) is 1. The quantitative estimate of drug-likeness (QED) is 0.711. The predicted octanol–water partition coefficient (Wildman–Crippen LogP) is 2.23. The lowest BCUT2D eigenvalue weighted by Gasteiger charge is -2.19. The van der Waals surface area contributed by atoms with Crippen LogP contribution in [0.4, 0.5) is 0 Å². The van der Waals surface area contributed by atoms with Gasteiger partial charge < -0.3 is 4.90 Å². The van der Waals surface area contributed by atoms with Crippen LogP contribution in [0.15, 0.2) is 16.8 Å². The molecular weight excluding hydrogens is 206 g/mol. The van der Waals surface area contributed by atoms with Crippen LogP contribution < -0.4 is 0 Å². The average Bonchev–Trinajstić information content (AvgIpc) is 2.88. The molecule has 0 radical (unpaired) electrons. The van der Waals surface area contributed by atoms with Gasteiger partial charge in [0.1, 0.15) is 0 Å². The van der Waals surface area contributed by atoms with Crippen molar-refractivity contribution in [3.8, 4) is 12.3 Å². The van der Waals surface area contributed by atoms with E-state index in [2.05, 4.69) is 5.92 Å². The average molecular weight is 219 g/mol. The van der Waals surface area contributed by atoms with Crippen molar-refractivity contribution in [2.24, 2.45) is 5.92 Å². The lowest BCUT2D eigenvalue weighted by Crippen LogP contribution is -2.33. The molecule has 0 spiro atoms. The van der Waals surface area contributed by atoms with Crippen LogP contribution in [0.3, 0.4) is 0 Å². The van der Waals surface area contributed by atoms with E-state index in [-0.39, 0.29) is 5.91 Å². The van der Waals surface area contributed by atoms with E-state index >= 15 is 0 Å². The Bertz CT molecular complexity index is 373. The molecule has 1 aromatic rings. The van der Waals surface area contributed by atoms with Crippen molar-refractivity contribution < 1.29 is 4.79 Å². The lowest BCUT2D eigenvalue weighted by molar-refractivity contribution is 0.0770. The van der Waals surface area contributed by atoms with Crippen molar-refractivity contribution in [1.29, 1.82) is 0 Å². The monoisotopic (exact) mass is 219 g/mol. The van der Waals surface area contributed by atoms with Gasteiger partial charge in [-0.3, -0.25) is 4.79 Å². The number of carbonyl (C=O) groups excluding carboxylic acids is 1. The topological polar surface area (TPSA) is 20.3 Å². The van der Waals surface area contributed by atoms with Crippen molar-refractivity contribution in [1.82, 2.24) is 4.90 Å². The van der Waals surface area contributed by atoms with E-state index in [1.54, 1.807) is 4.90 Å². The fraction of sp³-hybridized carbons (Fsp3) is 0.417. The van der Waals surface area contributed by atoms with Gasteiger partial charge in [0.05, 0.1) is 12.1 Å². The Hall–Kier alpha value is -1.27. The molecule has 1 fully saturated rings. The van der Waals surface area contributed by atoms with Gasteiger partial charge >= 0.3 is 0 Å². The Morgan fingerprint density at radius 3 is 3.00 bits per heavy atom. The van der Waals surface area contributed by atoms with Crippen LogP contribution in [0, 0.1) is 18.3 Å². The molecule has 78 valence electrons. The Morgan fingerprint density at radius 1 is 1.67 bits per heavy atom. The van der Waals surface area contributed by atoms with Crippen LogP contribution in [0.5, 0.6) is 0 Å². The van der Waals surface area contributed by atoms with E-state index in [0.29, 0.717) is 12.5 Å². The molecule has 0 aromatic carbocycles. The van der Waals surface area contributed by atoms with Gasteiger partial charge in [-0.15, -0.1) is 6.42 Å². The number of terminal acetylenes is 1. The van der Waals surface area contributed by atoms with Gasteiger partial charge in [0, 0.05) is 11.9 Å². The van der Waals surface area contributed by atoms with Crippen LogP contribution in [0.2, 0.25) is 0 Å². The molecule has 1 aliphatic rings. The van der Waals surface area contributed by atoms with Gasteiger partial charge in [0.15, 0.2) is 0 Å². The molecule has 1 saturated carbocycles. The molecule has 0 unspecified atom stereocenters. The molecule has 1 amide bonds. The maximum absolute atomic E-state index is 12.0. The Labute approximate surface area is 93.9 Å². The van der Waals surface area contributed by atoms with E-state index in [1.165, 1.54) is 24.2 Å². The van der Waals surface area contributed by atoms with Crippen LogP contribution in [-0.2, 0) is 0 Å². The molecule has 0 N–H and O–H groups in total. The maximum atomic E-state index is 12.0. The highest BCUT2D eigenvalue weighted by molar-refractivity contribution is 7.08. The molecular formula is C12H13NOS. The Balaban J connectivity index is 2.03. The second-order valence-corrected chi connectivity index (χ2v) is 4.63. The molecule has 1 aromatic heterocycles. The largest absolute Gasteiger partial charge is 0.327 e. The number of thiophene rings is 1. The zero-order valence-corrected chi connectivity index (χ0v) is 9.30. The van der Waals surface area contributed by atoms with Crippen molar-refractivity contribution in [3.05, 3.63) is 22.4 Å². The molecule has 0 aliphatic heterocycles. The lowest BCUT2D eigenvalue weighted by atomic mass is 10.2. The van der Waals surface area contributed by atoms with E-state index in [0.717, 1.165) is 12.1 Å². The first-order valence-corrected chi connectivity index (χ1v) is 6.00. The smallest absolute Gasteiger partial charge is 0.255 e. The zero-order valence-electron chi connectivity index (χ0n) is 8.48. The summed E-state index contributed by atoms with van der Waals surface area (Å²) in [5, 5.41) is 3.79. The summed E-state index contributed by atoms with van der Waals surface area (Å²) in [5.74, 6) is 3.30. The van der Waals surface area contributed by atoms with Crippen LogP contribution >= 0.6 is 11.3 Å². The Morgan fingerprint density at radius 2 is 2.47 bits per heavy atom. The van der Waals surface area contributed by atoms with Gasteiger partial charge in [0.2, 0.25) is 0 Å². The first-order valence-electron chi connectivity index (χ1n) is 5.06. The van der Waals surface area contributed by atoms with Gasteiger partial charge in [-0.2, -0.15) is 11.3 Å². The molecule has 15 heavy (non-hydrogen) atoms. The normalized spacial score (nSPS) is 14.6. The zero-order chi connectivity index (χ0) is 10.7. The van der Waals surface area contributed by atoms with Crippen molar-refractivity contribution >= 4 is 17.2 Å². The van der Waals surface area contributed by atoms with Crippen LogP contribution in [0.25, 0.3) is 0 Å². The molecule has 2 rings (SSSR count). The first-order chi connectivity index (χ1) is 7.31. The van der Waals surface area contributed by atoms with E-state index in [9.17, 15) is 4.79 Å². The fourth-order valence-corrected chi connectivity index (χ4v) is 2.14. The highest BCUT2D eigenvalue weighted by Crippen LogP contribution is 2.30. The predicted molar refractivity (Wildman–Crippen MR) is 61.8 cm³/mol. The highest BCUT2D eigenvalue weighted by Gasteiger charge is 2.26. The van der Waals surface area contributed by atoms with Crippen LogP contribution in [0.1, 0.15) is 23.2 Å². The number of carbonyl (C=O) groups is 1. The molecule has 2 nitrogen and oxygen atoms in total. The summed E-state index contributed by atoms with van der Waals surface area (Å²) in [6, 6.07) is 1.85. The highest BCUT2D eigenvalue weighted by atomic mass is 32.1. The minimum absolute atomic E-state index is 0.0705.